The van der Waals surface area contributed by atoms with Gasteiger partial charge in [-0.3, -0.25) is 4.90 Å². The van der Waals surface area contributed by atoms with E-state index in [1.807, 2.05) is 6.07 Å². The van der Waals surface area contributed by atoms with E-state index < -0.39 is 0 Å². The molecular formula is C13H22N4. The molecule has 4 heteroatoms. The third kappa shape index (κ3) is 3.41. The molecule has 2 rings (SSSR count). The fourth-order valence-electron chi connectivity index (χ4n) is 2.59. The molecule has 0 spiro atoms. The van der Waals surface area contributed by atoms with Gasteiger partial charge in [0.1, 0.15) is 5.82 Å². The van der Waals surface area contributed by atoms with Crippen LogP contribution in [0.3, 0.4) is 0 Å². The quantitative estimate of drug-likeness (QED) is 0.620. The van der Waals surface area contributed by atoms with E-state index in [2.05, 4.69) is 35.2 Å². The Hall–Kier alpha value is -1.13. The van der Waals surface area contributed by atoms with Crippen molar-refractivity contribution in [3.05, 3.63) is 23.9 Å². The standard InChI is InChI=1S/C13H22N4/c1-13(2)5-3-7-17(10-13)9-11-4-6-15-12(8-11)16-14/h4,6,8H,3,5,7,9-10,14H2,1-2H3,(H,15,16). The van der Waals surface area contributed by atoms with Crippen LogP contribution in [-0.4, -0.2) is 23.0 Å². The molecule has 2 heterocycles. The molecule has 1 saturated heterocycles. The van der Waals surface area contributed by atoms with Crippen LogP contribution in [0.25, 0.3) is 0 Å². The molecule has 0 amide bonds. The molecule has 3 N–H and O–H groups in total. The number of nitrogens with zero attached hydrogens (tertiary/aromatic N) is 2. The molecule has 0 saturated carbocycles. The Balaban J connectivity index is 2.00. The van der Waals surface area contributed by atoms with E-state index in [-0.39, 0.29) is 0 Å². The van der Waals surface area contributed by atoms with Crippen LogP contribution in [0.15, 0.2) is 18.3 Å². The molecule has 1 aliphatic heterocycles. The van der Waals surface area contributed by atoms with Gasteiger partial charge in [-0.2, -0.15) is 0 Å². The summed E-state index contributed by atoms with van der Waals surface area (Å²) in [5, 5.41) is 0. The van der Waals surface area contributed by atoms with E-state index in [1.165, 1.54) is 31.5 Å². The van der Waals surface area contributed by atoms with Crippen molar-refractivity contribution in [3.63, 3.8) is 0 Å². The second-order valence-electron chi connectivity index (χ2n) is 5.67. The van der Waals surface area contributed by atoms with E-state index in [0.29, 0.717) is 5.41 Å². The first-order valence-corrected chi connectivity index (χ1v) is 6.23. The molecule has 0 atom stereocenters. The summed E-state index contributed by atoms with van der Waals surface area (Å²) in [7, 11) is 0. The maximum atomic E-state index is 5.37. The SMILES string of the molecule is CC1(C)CCCN(Cc2ccnc(NN)c2)C1. The Morgan fingerprint density at radius 1 is 1.53 bits per heavy atom. The predicted octanol–water partition coefficient (Wildman–Crippen LogP) is 1.99. The van der Waals surface area contributed by atoms with Crippen molar-refractivity contribution < 1.29 is 0 Å². The summed E-state index contributed by atoms with van der Waals surface area (Å²) in [5.74, 6) is 6.10. The number of likely N-dealkylation sites (tertiary alicyclic amines) is 1. The average molecular weight is 234 g/mol. The summed E-state index contributed by atoms with van der Waals surface area (Å²) in [4.78, 5) is 6.64. The first kappa shape index (κ1) is 12.3. The smallest absolute Gasteiger partial charge is 0.140 e. The topological polar surface area (TPSA) is 54.2 Å². The largest absolute Gasteiger partial charge is 0.308 e. The fourth-order valence-corrected chi connectivity index (χ4v) is 2.59. The van der Waals surface area contributed by atoms with Gasteiger partial charge in [-0.1, -0.05) is 13.8 Å². The van der Waals surface area contributed by atoms with Gasteiger partial charge >= 0.3 is 0 Å². The summed E-state index contributed by atoms with van der Waals surface area (Å²) in [6.07, 6.45) is 4.43. The Morgan fingerprint density at radius 2 is 2.35 bits per heavy atom. The molecule has 94 valence electrons. The molecule has 1 aliphatic rings. The average Bonchev–Trinajstić information content (AvgIpc) is 2.28. The number of nitrogens with two attached hydrogens (primary N) is 1. The maximum absolute atomic E-state index is 5.37. The van der Waals surface area contributed by atoms with Crippen molar-refractivity contribution in [2.45, 2.75) is 33.2 Å². The highest BCUT2D eigenvalue weighted by Crippen LogP contribution is 2.29. The third-order valence-electron chi connectivity index (χ3n) is 3.36. The molecule has 17 heavy (non-hydrogen) atoms. The van der Waals surface area contributed by atoms with Gasteiger partial charge in [0.2, 0.25) is 0 Å². The molecule has 1 aromatic heterocycles. The minimum atomic E-state index is 0.445. The van der Waals surface area contributed by atoms with Gasteiger partial charge in [0.15, 0.2) is 0 Å². The summed E-state index contributed by atoms with van der Waals surface area (Å²) in [6, 6.07) is 4.07. The molecule has 0 aliphatic carbocycles. The van der Waals surface area contributed by atoms with E-state index in [0.717, 1.165) is 12.4 Å². The minimum Gasteiger partial charge on any atom is -0.308 e. The van der Waals surface area contributed by atoms with Gasteiger partial charge in [0.25, 0.3) is 0 Å². The summed E-state index contributed by atoms with van der Waals surface area (Å²) in [6.45, 7) is 8.04. The van der Waals surface area contributed by atoms with E-state index in [1.54, 1.807) is 6.20 Å². The van der Waals surface area contributed by atoms with Crippen LogP contribution >= 0.6 is 0 Å². The number of rotatable bonds is 3. The van der Waals surface area contributed by atoms with E-state index in [9.17, 15) is 0 Å². The van der Waals surface area contributed by atoms with Crippen molar-refractivity contribution in [1.82, 2.24) is 9.88 Å². The number of hydrogen-bond acceptors (Lipinski definition) is 4. The number of anilines is 1. The van der Waals surface area contributed by atoms with Crippen LogP contribution in [0, 0.1) is 5.41 Å². The van der Waals surface area contributed by atoms with Gasteiger partial charge in [-0.25, -0.2) is 10.8 Å². The lowest BCUT2D eigenvalue weighted by Gasteiger charge is -2.38. The fraction of sp³-hybridized carbons (Fsp3) is 0.615. The summed E-state index contributed by atoms with van der Waals surface area (Å²) in [5.41, 5.74) is 4.31. The molecule has 0 aromatic carbocycles. The zero-order valence-electron chi connectivity index (χ0n) is 10.7. The predicted molar refractivity (Wildman–Crippen MR) is 70.3 cm³/mol. The van der Waals surface area contributed by atoms with Crippen LogP contribution in [-0.2, 0) is 6.54 Å². The normalized spacial score (nSPS) is 20.2. The number of nitrogen functional groups attached to an aromatic ring is 1. The first-order valence-electron chi connectivity index (χ1n) is 6.23. The van der Waals surface area contributed by atoms with Crippen molar-refractivity contribution in [3.8, 4) is 0 Å². The van der Waals surface area contributed by atoms with Crippen molar-refractivity contribution in [2.24, 2.45) is 11.3 Å². The lowest BCUT2D eigenvalue weighted by Crippen LogP contribution is -2.39. The number of hydrogen-bond donors (Lipinski definition) is 2. The molecule has 0 unspecified atom stereocenters. The highest BCUT2D eigenvalue weighted by molar-refractivity contribution is 5.35. The highest BCUT2D eigenvalue weighted by atomic mass is 15.2. The zero-order chi connectivity index (χ0) is 12.3. The second kappa shape index (κ2) is 5.02. The molecule has 1 aromatic rings. The van der Waals surface area contributed by atoms with Crippen LogP contribution in [0.1, 0.15) is 32.3 Å². The van der Waals surface area contributed by atoms with Crippen LogP contribution in [0.2, 0.25) is 0 Å². The molecule has 1 fully saturated rings. The molecular weight excluding hydrogens is 212 g/mol. The van der Waals surface area contributed by atoms with Crippen molar-refractivity contribution in [1.29, 1.82) is 0 Å². The maximum Gasteiger partial charge on any atom is 0.140 e. The van der Waals surface area contributed by atoms with Crippen molar-refractivity contribution in [2.75, 3.05) is 18.5 Å². The van der Waals surface area contributed by atoms with Crippen LogP contribution < -0.4 is 11.3 Å². The number of nitrogens with one attached hydrogen (secondary N) is 1. The number of hydrazine groups is 1. The molecule has 4 nitrogen and oxygen atoms in total. The lowest BCUT2D eigenvalue weighted by atomic mass is 9.84. The van der Waals surface area contributed by atoms with Gasteiger partial charge in [0, 0.05) is 19.3 Å². The third-order valence-corrected chi connectivity index (χ3v) is 3.36. The first-order chi connectivity index (χ1) is 8.09. The lowest BCUT2D eigenvalue weighted by molar-refractivity contribution is 0.111. The van der Waals surface area contributed by atoms with Gasteiger partial charge in [-0.05, 0) is 42.5 Å². The van der Waals surface area contributed by atoms with Gasteiger partial charge < -0.3 is 5.43 Å². The Kier molecular flexibility index (Phi) is 3.64. The van der Waals surface area contributed by atoms with Crippen LogP contribution in [0.5, 0.6) is 0 Å². The number of aromatic nitrogens is 1. The number of pyridine rings is 1. The van der Waals surface area contributed by atoms with E-state index in [4.69, 9.17) is 5.84 Å². The van der Waals surface area contributed by atoms with Gasteiger partial charge in [0.05, 0.1) is 0 Å². The zero-order valence-corrected chi connectivity index (χ0v) is 10.7. The summed E-state index contributed by atoms with van der Waals surface area (Å²) < 4.78 is 0. The highest BCUT2D eigenvalue weighted by Gasteiger charge is 2.26. The molecule has 0 bridgehead atoms. The Morgan fingerprint density at radius 3 is 3.06 bits per heavy atom. The number of piperidine rings is 1. The molecule has 0 radical (unpaired) electrons. The minimum absolute atomic E-state index is 0.445. The van der Waals surface area contributed by atoms with Gasteiger partial charge in [-0.15, -0.1) is 0 Å². The van der Waals surface area contributed by atoms with Crippen LogP contribution in [0.4, 0.5) is 5.82 Å². The monoisotopic (exact) mass is 234 g/mol. The summed E-state index contributed by atoms with van der Waals surface area (Å²) >= 11 is 0. The van der Waals surface area contributed by atoms with E-state index >= 15 is 0 Å². The Labute approximate surface area is 103 Å². The van der Waals surface area contributed by atoms with Crippen molar-refractivity contribution >= 4 is 5.82 Å². The second-order valence-corrected chi connectivity index (χ2v) is 5.67. The Bertz CT molecular complexity index is 375.